The van der Waals surface area contributed by atoms with E-state index < -0.39 is 15.1 Å². The zero-order valence-electron chi connectivity index (χ0n) is 18.6. The average molecular weight is 479 g/mol. The van der Waals surface area contributed by atoms with E-state index in [-0.39, 0.29) is 17.3 Å². The maximum absolute atomic E-state index is 13.1. The molecule has 9 heteroatoms. The van der Waals surface area contributed by atoms with Crippen LogP contribution in [0, 0.1) is 5.92 Å². The van der Waals surface area contributed by atoms with Crippen molar-refractivity contribution in [3.05, 3.63) is 42.6 Å². The van der Waals surface area contributed by atoms with E-state index in [2.05, 4.69) is 22.5 Å². The van der Waals surface area contributed by atoms with Crippen molar-refractivity contribution in [1.82, 2.24) is 20.9 Å². The fourth-order valence-corrected chi connectivity index (χ4v) is 8.20. The van der Waals surface area contributed by atoms with Gasteiger partial charge in [-0.15, -0.1) is 11.8 Å². The molecule has 1 aromatic rings. The van der Waals surface area contributed by atoms with Gasteiger partial charge in [0.1, 0.15) is 0 Å². The monoisotopic (exact) mass is 478 g/mol. The van der Waals surface area contributed by atoms with E-state index in [0.29, 0.717) is 35.6 Å². The Kier molecular flexibility index (Phi) is 7.49. The highest BCUT2D eigenvalue weighted by molar-refractivity contribution is 8.01. The van der Waals surface area contributed by atoms with Crippen molar-refractivity contribution in [2.75, 3.05) is 26.7 Å². The summed E-state index contributed by atoms with van der Waals surface area (Å²) in [6, 6.07) is 6.96. The van der Waals surface area contributed by atoms with Gasteiger partial charge >= 0.3 is 0 Å². The van der Waals surface area contributed by atoms with Gasteiger partial charge < -0.3 is 15.5 Å². The van der Waals surface area contributed by atoms with Crippen LogP contribution in [0.1, 0.15) is 31.2 Å². The Hall–Kier alpha value is -1.55. The number of rotatable bonds is 7. The third-order valence-corrected chi connectivity index (χ3v) is 10.8. The van der Waals surface area contributed by atoms with Crippen LogP contribution in [0.2, 0.25) is 0 Å². The second-order valence-corrected chi connectivity index (χ2v) is 12.7. The summed E-state index contributed by atoms with van der Waals surface area (Å²) in [6.45, 7) is 6.66. The van der Waals surface area contributed by atoms with Crippen molar-refractivity contribution >= 4 is 27.5 Å². The number of carbonyl (C=O) groups is 1. The topological polar surface area (TPSA) is 90.5 Å². The molecule has 4 rings (SSSR count). The van der Waals surface area contributed by atoms with Crippen molar-refractivity contribution in [3.63, 3.8) is 0 Å². The Labute approximate surface area is 195 Å². The summed E-state index contributed by atoms with van der Waals surface area (Å²) in [7, 11) is -1.46. The number of sulfone groups is 1. The molecule has 3 saturated heterocycles. The zero-order chi connectivity index (χ0) is 22.7. The van der Waals surface area contributed by atoms with E-state index in [0.717, 1.165) is 37.9 Å². The summed E-state index contributed by atoms with van der Waals surface area (Å²) in [4.78, 5) is 14.9. The number of carbonyl (C=O) groups excluding carboxylic acids is 1. The van der Waals surface area contributed by atoms with Crippen molar-refractivity contribution in [3.8, 4) is 0 Å². The smallest absolute Gasteiger partial charge is 0.233 e. The fraction of sp³-hybridized carbons (Fsp3) is 0.609. The molecular weight excluding hydrogens is 444 g/mol. The maximum atomic E-state index is 13.1. The molecule has 3 aliphatic heterocycles. The number of benzene rings is 1. The Morgan fingerprint density at radius 1 is 1.25 bits per heavy atom. The molecule has 3 aliphatic rings. The van der Waals surface area contributed by atoms with Crippen LogP contribution in [0.4, 0.5) is 0 Å². The lowest BCUT2D eigenvalue weighted by molar-refractivity contribution is -0.120. The predicted octanol–water partition coefficient (Wildman–Crippen LogP) is 1.71. The van der Waals surface area contributed by atoms with Crippen LogP contribution in [-0.4, -0.2) is 67.8 Å². The van der Waals surface area contributed by atoms with Gasteiger partial charge in [0.05, 0.1) is 21.6 Å². The highest BCUT2D eigenvalue weighted by Gasteiger charge is 2.39. The molecule has 0 saturated carbocycles. The van der Waals surface area contributed by atoms with E-state index in [4.69, 9.17) is 0 Å². The number of amides is 1. The Balaban J connectivity index is 1.29. The van der Waals surface area contributed by atoms with Crippen LogP contribution in [-0.2, 0) is 21.2 Å². The van der Waals surface area contributed by atoms with Gasteiger partial charge in [-0.2, -0.15) is 0 Å². The van der Waals surface area contributed by atoms with E-state index >= 15 is 0 Å². The molecule has 0 aliphatic carbocycles. The van der Waals surface area contributed by atoms with Crippen LogP contribution in [0.3, 0.4) is 0 Å². The molecule has 0 bridgehead atoms. The molecule has 0 aromatic heterocycles. The number of hydrogen-bond acceptors (Lipinski definition) is 7. The van der Waals surface area contributed by atoms with Gasteiger partial charge in [0, 0.05) is 31.9 Å². The van der Waals surface area contributed by atoms with Crippen LogP contribution in [0.15, 0.2) is 41.9 Å². The molecule has 176 valence electrons. The lowest BCUT2D eigenvalue weighted by Gasteiger charge is -2.34. The highest BCUT2D eigenvalue weighted by Crippen LogP contribution is 2.41. The molecule has 1 aromatic carbocycles. The molecule has 5 atom stereocenters. The molecule has 5 unspecified atom stereocenters. The predicted molar refractivity (Wildman–Crippen MR) is 129 cm³/mol. The van der Waals surface area contributed by atoms with Crippen molar-refractivity contribution in [1.29, 1.82) is 0 Å². The van der Waals surface area contributed by atoms with Gasteiger partial charge in [-0.25, -0.2) is 8.42 Å². The zero-order valence-corrected chi connectivity index (χ0v) is 20.3. The van der Waals surface area contributed by atoms with Crippen LogP contribution in [0.25, 0.3) is 0 Å². The molecule has 3 N–H and O–H groups in total. The number of thioether (sulfide) groups is 1. The van der Waals surface area contributed by atoms with Crippen molar-refractivity contribution < 1.29 is 13.2 Å². The summed E-state index contributed by atoms with van der Waals surface area (Å²) in [5.74, 6) is 0.733. The average Bonchev–Trinajstić information content (AvgIpc) is 3.27. The van der Waals surface area contributed by atoms with E-state index in [9.17, 15) is 13.2 Å². The van der Waals surface area contributed by atoms with Gasteiger partial charge in [0.15, 0.2) is 9.84 Å². The number of nitrogens with zero attached hydrogens (tertiary/aromatic N) is 1. The number of piperidine rings is 2. The maximum Gasteiger partial charge on any atom is 0.233 e. The third-order valence-electron chi connectivity index (χ3n) is 6.99. The fourth-order valence-electron chi connectivity index (χ4n) is 4.87. The number of fused-ring (bicyclic) bond motifs is 1. The van der Waals surface area contributed by atoms with E-state index in [1.807, 2.05) is 24.1 Å². The Morgan fingerprint density at radius 3 is 2.69 bits per heavy atom. The second-order valence-electron chi connectivity index (χ2n) is 9.03. The van der Waals surface area contributed by atoms with Crippen molar-refractivity contribution in [2.24, 2.45) is 5.92 Å². The minimum Gasteiger partial charge on any atom is -0.366 e. The highest BCUT2D eigenvalue weighted by atomic mass is 32.2. The van der Waals surface area contributed by atoms with Gasteiger partial charge in [0.25, 0.3) is 0 Å². The molecule has 3 fully saturated rings. The standard InChI is InChI=1S/C23H34N4O3S2/c1-3-27(2)22-9-8-19(14-25-22)32(29,30)18-6-4-16(5-7-18)13-26-23(28)20-12-17-10-11-24-15-21(17)31-20/h3-7,17,19-22,24-25H,1,8-15H2,2H3,(H,26,28). The van der Waals surface area contributed by atoms with Crippen LogP contribution < -0.4 is 16.0 Å². The Morgan fingerprint density at radius 2 is 2.03 bits per heavy atom. The summed E-state index contributed by atoms with van der Waals surface area (Å²) < 4.78 is 26.1. The first-order valence-electron chi connectivity index (χ1n) is 11.4. The van der Waals surface area contributed by atoms with Gasteiger partial charge in [-0.3, -0.25) is 10.1 Å². The third kappa shape index (κ3) is 5.16. The molecule has 7 nitrogen and oxygen atoms in total. The van der Waals surface area contributed by atoms with Crippen molar-refractivity contribution in [2.45, 2.75) is 59.0 Å². The summed E-state index contributed by atoms with van der Waals surface area (Å²) in [5, 5.41) is 9.90. The summed E-state index contributed by atoms with van der Waals surface area (Å²) in [5.41, 5.74) is 0.911. The van der Waals surface area contributed by atoms with Gasteiger partial charge in [0.2, 0.25) is 5.91 Å². The van der Waals surface area contributed by atoms with Crippen LogP contribution >= 0.6 is 11.8 Å². The quantitative estimate of drug-likeness (QED) is 0.550. The molecule has 3 heterocycles. The van der Waals surface area contributed by atoms with Gasteiger partial charge in [-0.1, -0.05) is 18.7 Å². The Bertz CT molecular complexity index is 900. The molecule has 1 amide bonds. The first kappa shape index (κ1) is 23.6. The second kappa shape index (κ2) is 10.2. The number of nitrogens with one attached hydrogen (secondary N) is 3. The summed E-state index contributed by atoms with van der Waals surface area (Å²) in [6.07, 6.45) is 5.36. The lowest BCUT2D eigenvalue weighted by atomic mass is 9.93. The van der Waals surface area contributed by atoms with Gasteiger partial charge in [-0.05, 0) is 62.0 Å². The molecule has 0 spiro atoms. The largest absolute Gasteiger partial charge is 0.366 e. The molecular formula is C23H34N4O3S2. The molecule has 32 heavy (non-hydrogen) atoms. The minimum atomic E-state index is -3.39. The lowest BCUT2D eigenvalue weighted by Crippen LogP contribution is -2.50. The normalized spacial score (nSPS) is 30.3. The van der Waals surface area contributed by atoms with E-state index in [1.54, 1.807) is 30.1 Å². The first-order valence-corrected chi connectivity index (χ1v) is 13.9. The number of hydrogen-bond donors (Lipinski definition) is 3. The summed E-state index contributed by atoms with van der Waals surface area (Å²) >= 11 is 1.79. The van der Waals surface area contributed by atoms with Crippen LogP contribution in [0.5, 0.6) is 0 Å². The molecule has 0 radical (unpaired) electrons. The van der Waals surface area contributed by atoms with E-state index in [1.165, 1.54) is 0 Å². The SMILES string of the molecule is C=CN(C)C1CCC(S(=O)(=O)c2ccc(CNC(=O)C3CC4CCNCC4S3)cc2)CN1. The minimum absolute atomic E-state index is 0.0207. The first-order chi connectivity index (χ1) is 15.4.